The Bertz CT molecular complexity index is 374. The molecule has 0 saturated carbocycles. The van der Waals surface area contributed by atoms with Gasteiger partial charge in [0.2, 0.25) is 5.91 Å². The molecule has 0 unspecified atom stereocenters. The number of halogens is 3. The number of hydrogen-bond acceptors (Lipinski definition) is 2. The maximum atomic E-state index is 13.0. The molecule has 16 heavy (non-hydrogen) atoms. The average Bonchev–Trinajstić information content (AvgIpc) is 2.22. The van der Waals surface area contributed by atoms with Crippen molar-refractivity contribution in [3.05, 3.63) is 29.0 Å². The first-order chi connectivity index (χ1) is 7.04. The van der Waals surface area contributed by atoms with Gasteiger partial charge in [-0.25, -0.2) is 4.39 Å². The molecule has 1 amide bonds. The summed E-state index contributed by atoms with van der Waals surface area (Å²) in [5.74, 6) is -0.904. The van der Waals surface area contributed by atoms with Gasteiger partial charge in [-0.15, -0.1) is 12.4 Å². The average molecular weight is 267 g/mol. The molecule has 1 aromatic rings. The number of carbonyl (C=O) groups is 1. The van der Waals surface area contributed by atoms with Gasteiger partial charge in [0.15, 0.2) is 0 Å². The Balaban J connectivity index is 0.00000225. The van der Waals surface area contributed by atoms with E-state index < -0.39 is 11.9 Å². The van der Waals surface area contributed by atoms with Crippen LogP contribution in [0, 0.1) is 5.82 Å². The molecule has 0 heterocycles. The highest BCUT2D eigenvalue weighted by Crippen LogP contribution is 2.18. The molecular weight excluding hydrogens is 254 g/mol. The van der Waals surface area contributed by atoms with Crippen molar-refractivity contribution in [1.82, 2.24) is 0 Å². The summed E-state index contributed by atoms with van der Waals surface area (Å²) in [6.07, 6.45) is 0.530. The first-order valence-corrected chi connectivity index (χ1v) is 4.94. The number of nitrogens with two attached hydrogens (primary N) is 1. The Labute approximate surface area is 105 Å². The number of hydrogen-bond donors (Lipinski definition) is 2. The number of benzene rings is 1. The minimum Gasteiger partial charge on any atom is -0.325 e. The zero-order chi connectivity index (χ0) is 11.4. The lowest BCUT2D eigenvalue weighted by molar-refractivity contribution is -0.117. The van der Waals surface area contributed by atoms with Crippen molar-refractivity contribution < 1.29 is 9.18 Å². The van der Waals surface area contributed by atoms with E-state index >= 15 is 0 Å². The minimum absolute atomic E-state index is 0. The number of anilines is 1. The summed E-state index contributed by atoms with van der Waals surface area (Å²) >= 11 is 5.49. The fourth-order valence-electron chi connectivity index (χ4n) is 0.994. The molecule has 0 bridgehead atoms. The van der Waals surface area contributed by atoms with Crippen molar-refractivity contribution in [2.24, 2.45) is 5.73 Å². The van der Waals surface area contributed by atoms with Crippen LogP contribution in [-0.4, -0.2) is 11.9 Å². The van der Waals surface area contributed by atoms with Gasteiger partial charge in [-0.2, -0.15) is 0 Å². The van der Waals surface area contributed by atoms with Crippen LogP contribution in [0.1, 0.15) is 13.3 Å². The van der Waals surface area contributed by atoms with E-state index in [1.165, 1.54) is 12.1 Å². The van der Waals surface area contributed by atoms with Crippen LogP contribution < -0.4 is 11.1 Å². The molecule has 1 rings (SSSR count). The zero-order valence-corrected chi connectivity index (χ0v) is 10.2. The van der Waals surface area contributed by atoms with E-state index in [-0.39, 0.29) is 23.3 Å². The van der Waals surface area contributed by atoms with Crippen LogP contribution in [0.2, 0.25) is 5.02 Å². The highest BCUT2D eigenvalue weighted by atomic mass is 35.5. The molecule has 3 N–H and O–H groups in total. The Morgan fingerprint density at radius 1 is 1.62 bits per heavy atom. The maximum Gasteiger partial charge on any atom is 0.241 e. The van der Waals surface area contributed by atoms with Crippen molar-refractivity contribution in [2.45, 2.75) is 19.4 Å². The second-order valence-corrected chi connectivity index (χ2v) is 3.54. The third-order valence-corrected chi connectivity index (χ3v) is 2.27. The van der Waals surface area contributed by atoms with E-state index in [4.69, 9.17) is 17.3 Å². The van der Waals surface area contributed by atoms with Gasteiger partial charge in [0.05, 0.1) is 11.1 Å². The summed E-state index contributed by atoms with van der Waals surface area (Å²) in [7, 11) is 0. The fourth-order valence-corrected chi connectivity index (χ4v) is 1.11. The largest absolute Gasteiger partial charge is 0.325 e. The van der Waals surface area contributed by atoms with Crippen LogP contribution in [-0.2, 0) is 4.79 Å². The Morgan fingerprint density at radius 3 is 2.75 bits per heavy atom. The van der Waals surface area contributed by atoms with Crippen LogP contribution in [0.15, 0.2) is 18.2 Å². The van der Waals surface area contributed by atoms with Crippen LogP contribution in [0.5, 0.6) is 0 Å². The van der Waals surface area contributed by atoms with Gasteiger partial charge in [-0.1, -0.05) is 18.5 Å². The van der Waals surface area contributed by atoms with Gasteiger partial charge in [0, 0.05) is 5.69 Å². The van der Waals surface area contributed by atoms with Crippen LogP contribution >= 0.6 is 24.0 Å². The lowest BCUT2D eigenvalue weighted by Crippen LogP contribution is -2.34. The monoisotopic (exact) mass is 266 g/mol. The van der Waals surface area contributed by atoms with Crippen molar-refractivity contribution in [1.29, 1.82) is 0 Å². The normalized spacial score (nSPS) is 11.5. The lowest BCUT2D eigenvalue weighted by Gasteiger charge is -2.10. The Kier molecular flexibility index (Phi) is 6.33. The molecule has 0 aromatic heterocycles. The summed E-state index contributed by atoms with van der Waals surface area (Å²) in [6.45, 7) is 1.80. The summed E-state index contributed by atoms with van der Waals surface area (Å²) in [5.41, 5.74) is 5.85. The Morgan fingerprint density at radius 2 is 2.25 bits per heavy atom. The number of nitrogens with one attached hydrogen (secondary N) is 1. The van der Waals surface area contributed by atoms with Gasteiger partial charge in [-0.05, 0) is 24.6 Å². The quantitative estimate of drug-likeness (QED) is 0.884. The maximum absolute atomic E-state index is 13.0. The third kappa shape index (κ3) is 3.96. The predicted octanol–water partition coefficient (Wildman–Crippen LogP) is 2.58. The molecule has 1 atom stereocenters. The van der Waals surface area contributed by atoms with Crippen molar-refractivity contribution in [3.8, 4) is 0 Å². The summed E-state index contributed by atoms with van der Waals surface area (Å²) in [6, 6.07) is 3.47. The van der Waals surface area contributed by atoms with E-state index in [0.717, 1.165) is 6.07 Å². The lowest BCUT2D eigenvalue weighted by atomic mass is 10.2. The number of rotatable bonds is 3. The van der Waals surface area contributed by atoms with Crippen molar-refractivity contribution in [2.75, 3.05) is 5.32 Å². The molecule has 0 radical (unpaired) electrons. The number of carbonyl (C=O) groups excluding carboxylic acids is 1. The molecule has 6 heteroatoms. The molecule has 0 fully saturated rings. The fraction of sp³-hybridized carbons (Fsp3) is 0.300. The van der Waals surface area contributed by atoms with E-state index in [0.29, 0.717) is 12.1 Å². The molecule has 1 aromatic carbocycles. The van der Waals surface area contributed by atoms with Gasteiger partial charge >= 0.3 is 0 Å². The SMILES string of the molecule is CC[C@H](N)C(=O)Nc1ccc(Cl)c(F)c1.Cl. The smallest absolute Gasteiger partial charge is 0.241 e. The summed E-state index contributed by atoms with van der Waals surface area (Å²) < 4.78 is 13.0. The van der Waals surface area contributed by atoms with Gasteiger partial charge in [0.25, 0.3) is 0 Å². The van der Waals surface area contributed by atoms with Crippen molar-refractivity contribution in [3.63, 3.8) is 0 Å². The molecule has 0 aliphatic rings. The van der Waals surface area contributed by atoms with E-state index in [1.807, 2.05) is 0 Å². The zero-order valence-electron chi connectivity index (χ0n) is 8.67. The number of amides is 1. The van der Waals surface area contributed by atoms with E-state index in [1.54, 1.807) is 6.92 Å². The molecule has 3 nitrogen and oxygen atoms in total. The summed E-state index contributed by atoms with van der Waals surface area (Å²) in [4.78, 5) is 11.3. The standard InChI is InChI=1S/C10H12ClFN2O.ClH/c1-2-9(13)10(15)14-6-3-4-7(11)8(12)5-6;/h3-5,9H,2,13H2,1H3,(H,14,15);1H/t9-;/m0./s1. The third-order valence-electron chi connectivity index (χ3n) is 1.96. The highest BCUT2D eigenvalue weighted by Gasteiger charge is 2.11. The van der Waals surface area contributed by atoms with Crippen LogP contribution in [0.3, 0.4) is 0 Å². The van der Waals surface area contributed by atoms with Crippen LogP contribution in [0.25, 0.3) is 0 Å². The van der Waals surface area contributed by atoms with E-state index in [9.17, 15) is 9.18 Å². The predicted molar refractivity (Wildman–Crippen MR) is 65.6 cm³/mol. The van der Waals surface area contributed by atoms with E-state index in [2.05, 4.69) is 5.32 Å². The van der Waals surface area contributed by atoms with Gasteiger partial charge in [0.1, 0.15) is 5.82 Å². The minimum atomic E-state index is -0.580. The molecule has 0 aliphatic heterocycles. The molecule has 0 spiro atoms. The molecule has 0 saturated heterocycles. The van der Waals surface area contributed by atoms with Gasteiger partial charge in [-0.3, -0.25) is 4.79 Å². The Hall–Kier alpha value is -0.840. The topological polar surface area (TPSA) is 55.1 Å². The second kappa shape index (κ2) is 6.68. The molecule has 90 valence electrons. The highest BCUT2D eigenvalue weighted by molar-refractivity contribution is 6.30. The first kappa shape index (κ1) is 15.2. The first-order valence-electron chi connectivity index (χ1n) is 4.56. The summed E-state index contributed by atoms with van der Waals surface area (Å²) in [5, 5.41) is 2.52. The molecule has 0 aliphatic carbocycles. The molecular formula is C10H13Cl2FN2O. The second-order valence-electron chi connectivity index (χ2n) is 3.13. The van der Waals surface area contributed by atoms with Crippen LogP contribution in [0.4, 0.5) is 10.1 Å². The van der Waals surface area contributed by atoms with Crippen molar-refractivity contribution >= 4 is 35.6 Å². The van der Waals surface area contributed by atoms with Gasteiger partial charge < -0.3 is 11.1 Å².